The molecule has 3 aromatic rings. The number of hydrogen-bond acceptors (Lipinski definition) is 5. The smallest absolute Gasteiger partial charge is 0.353 e. The van der Waals surface area contributed by atoms with Crippen molar-refractivity contribution in [3.8, 4) is 36.3 Å². The van der Waals surface area contributed by atoms with E-state index in [-0.39, 0.29) is 22.9 Å². The van der Waals surface area contributed by atoms with Crippen molar-refractivity contribution in [1.82, 2.24) is 30.5 Å². The molecular formula is C26H32N7O+. The fourth-order valence-corrected chi connectivity index (χ4v) is 4.93. The number of aromatic nitrogens is 5. The fraction of sp³-hybridized carbons (Fsp3) is 0.385. The maximum absolute atomic E-state index is 10.6. The van der Waals surface area contributed by atoms with Crippen molar-refractivity contribution >= 4 is 11.8 Å². The van der Waals surface area contributed by atoms with Crippen molar-refractivity contribution in [2.75, 3.05) is 0 Å². The minimum atomic E-state index is 0.00108. The lowest BCUT2D eigenvalue weighted by molar-refractivity contribution is 0.124. The number of aromatic hydroxyl groups is 1. The molecule has 0 radical (unpaired) electrons. The quantitative estimate of drug-likeness (QED) is 0.485. The predicted molar refractivity (Wildman–Crippen MR) is 136 cm³/mol. The number of rotatable bonds is 4. The lowest BCUT2D eigenvalue weighted by Crippen LogP contribution is -2.58. The van der Waals surface area contributed by atoms with Crippen LogP contribution >= 0.6 is 0 Å². The predicted octanol–water partition coefficient (Wildman–Crippen LogP) is 4.87. The van der Waals surface area contributed by atoms with Gasteiger partial charge in [0.15, 0.2) is 0 Å². The van der Waals surface area contributed by atoms with Gasteiger partial charge < -0.3 is 10.4 Å². The van der Waals surface area contributed by atoms with Crippen LogP contribution in [-0.4, -0.2) is 41.4 Å². The van der Waals surface area contributed by atoms with Crippen LogP contribution in [0.1, 0.15) is 63.5 Å². The van der Waals surface area contributed by atoms with Crippen LogP contribution in [0.2, 0.25) is 0 Å². The average molecular weight is 459 g/mol. The van der Waals surface area contributed by atoms with Gasteiger partial charge in [0.25, 0.3) is 6.57 Å². The number of piperidine rings is 1. The minimum absolute atomic E-state index is 0.00108. The van der Waals surface area contributed by atoms with E-state index in [0.29, 0.717) is 17.0 Å². The highest BCUT2D eigenvalue weighted by Crippen LogP contribution is 2.37. The zero-order chi connectivity index (χ0) is 25.1. The van der Waals surface area contributed by atoms with Crippen LogP contribution < -0.4 is 5.32 Å². The number of benzene rings is 1. The molecule has 1 aliphatic heterocycles. The summed E-state index contributed by atoms with van der Waals surface area (Å²) < 4.78 is 2.01. The Morgan fingerprint density at radius 2 is 1.85 bits per heavy atom. The summed E-state index contributed by atoms with van der Waals surface area (Å²) in [5, 5.41) is 29.9. The first kappa shape index (κ1) is 24.8. The fourth-order valence-electron chi connectivity index (χ4n) is 4.93. The standard InChI is InChI=1S/C24H29N7O.C2H2/c1-15-20(28-30-31(15)18-11-23(2,3)29-24(4,5)12-18)10-21(25-6)19-8-7-16(9-22(19)32)17-13-26-27-14-17;1-2/h6-10,13-14,18,29H,11-12H2,1-5H3,(H-,26,27,32);1-2H/p+1/b21-10-;. The van der Waals surface area contributed by atoms with Gasteiger partial charge in [-0.3, -0.25) is 5.10 Å². The molecule has 0 amide bonds. The molecule has 34 heavy (non-hydrogen) atoms. The van der Waals surface area contributed by atoms with Crippen LogP contribution in [-0.2, 0) is 0 Å². The molecule has 176 valence electrons. The maximum Gasteiger partial charge on any atom is 0.353 e. The van der Waals surface area contributed by atoms with E-state index in [1.807, 2.05) is 17.7 Å². The lowest BCUT2D eigenvalue weighted by Gasteiger charge is -2.46. The third-order valence-corrected chi connectivity index (χ3v) is 6.00. The summed E-state index contributed by atoms with van der Waals surface area (Å²) in [6, 6.07) is 5.58. The highest BCUT2D eigenvalue weighted by molar-refractivity contribution is 5.88. The van der Waals surface area contributed by atoms with Gasteiger partial charge in [-0.05, 0) is 70.0 Å². The molecule has 3 N–H and O–H groups in total. The van der Waals surface area contributed by atoms with Crippen molar-refractivity contribution in [2.45, 2.75) is 64.6 Å². The van der Waals surface area contributed by atoms with Crippen molar-refractivity contribution in [2.24, 2.45) is 0 Å². The molecule has 0 unspecified atom stereocenters. The summed E-state index contributed by atoms with van der Waals surface area (Å²) in [6.07, 6.45) is 15.1. The molecular weight excluding hydrogens is 426 g/mol. The van der Waals surface area contributed by atoms with Gasteiger partial charge in [0.2, 0.25) is 0 Å². The van der Waals surface area contributed by atoms with Gasteiger partial charge in [-0.1, -0.05) is 11.3 Å². The Bertz CT molecular complexity index is 1220. The van der Waals surface area contributed by atoms with Crippen molar-refractivity contribution in [3.05, 3.63) is 52.4 Å². The van der Waals surface area contributed by atoms with E-state index in [0.717, 1.165) is 29.7 Å². The Hall–Kier alpha value is -3.88. The monoisotopic (exact) mass is 458 g/mol. The van der Waals surface area contributed by atoms with Gasteiger partial charge in [0, 0.05) is 22.8 Å². The molecule has 1 aromatic carbocycles. The van der Waals surface area contributed by atoms with E-state index in [4.69, 9.17) is 6.57 Å². The first-order valence-corrected chi connectivity index (χ1v) is 11.1. The third-order valence-electron chi connectivity index (χ3n) is 6.00. The number of phenolic OH excluding ortho intramolecular Hbond substituents is 1. The molecule has 0 saturated carbocycles. The van der Waals surface area contributed by atoms with E-state index >= 15 is 0 Å². The van der Waals surface area contributed by atoms with Crippen LogP contribution in [0.4, 0.5) is 0 Å². The van der Waals surface area contributed by atoms with Crippen LogP contribution in [0.15, 0.2) is 30.6 Å². The molecule has 1 aliphatic rings. The van der Waals surface area contributed by atoms with Crippen LogP contribution in [0.5, 0.6) is 5.75 Å². The SMILES string of the molecule is C#C.C#[N+]/C(=C\c1nnn(C2CC(C)(C)NC(C)(C)C2)c1C)c1ccc(-c2cn[nH]c2)cc1O. The number of hydrogen-bond donors (Lipinski definition) is 3. The second kappa shape index (κ2) is 9.54. The van der Waals surface area contributed by atoms with Gasteiger partial charge in [-0.2, -0.15) is 5.10 Å². The summed E-state index contributed by atoms with van der Waals surface area (Å²) >= 11 is 0. The number of terminal acetylenes is 1. The largest absolute Gasteiger partial charge is 0.507 e. The Morgan fingerprint density at radius 3 is 2.41 bits per heavy atom. The maximum atomic E-state index is 10.6. The Balaban J connectivity index is 0.00000158. The summed E-state index contributed by atoms with van der Waals surface area (Å²) in [7, 11) is 0. The number of H-pyrrole nitrogens is 1. The minimum Gasteiger partial charge on any atom is -0.507 e. The Labute approximate surface area is 200 Å². The molecule has 0 aliphatic carbocycles. The summed E-state index contributed by atoms with van der Waals surface area (Å²) in [6.45, 7) is 16.6. The van der Waals surface area contributed by atoms with E-state index < -0.39 is 0 Å². The topological polar surface area (TPSA) is 96.0 Å². The van der Waals surface area contributed by atoms with Crippen LogP contribution in [0.3, 0.4) is 0 Å². The number of nitrogens with one attached hydrogen (secondary N) is 2. The molecule has 3 heterocycles. The van der Waals surface area contributed by atoms with Crippen LogP contribution in [0, 0.1) is 26.3 Å². The Morgan fingerprint density at radius 1 is 1.18 bits per heavy atom. The van der Waals surface area contributed by atoms with Crippen LogP contribution in [0.25, 0.3) is 27.7 Å². The molecule has 8 nitrogen and oxygen atoms in total. The average Bonchev–Trinajstić information content (AvgIpc) is 3.42. The molecule has 0 atom stereocenters. The van der Waals surface area contributed by atoms with Gasteiger partial charge >= 0.3 is 5.70 Å². The van der Waals surface area contributed by atoms with Gasteiger partial charge in [-0.25, -0.2) is 4.68 Å². The van der Waals surface area contributed by atoms with Crippen molar-refractivity contribution in [3.63, 3.8) is 0 Å². The highest BCUT2D eigenvalue weighted by atomic mass is 16.3. The summed E-state index contributed by atoms with van der Waals surface area (Å²) in [5.41, 5.74) is 4.31. The second-order valence-corrected chi connectivity index (χ2v) is 9.84. The molecule has 2 aromatic heterocycles. The molecule has 8 heteroatoms. The van der Waals surface area contributed by atoms with Crippen molar-refractivity contribution in [1.29, 1.82) is 0 Å². The van der Waals surface area contributed by atoms with E-state index in [1.165, 1.54) is 0 Å². The third kappa shape index (κ3) is 5.19. The lowest BCUT2D eigenvalue weighted by atomic mass is 9.79. The Kier molecular flexibility index (Phi) is 6.95. The van der Waals surface area contributed by atoms with E-state index in [1.54, 1.807) is 30.6 Å². The number of aromatic amines is 1. The molecule has 0 bridgehead atoms. The molecule has 4 rings (SSSR count). The second-order valence-electron chi connectivity index (χ2n) is 9.84. The first-order chi connectivity index (χ1) is 16.1. The summed E-state index contributed by atoms with van der Waals surface area (Å²) in [4.78, 5) is 3.91. The highest BCUT2D eigenvalue weighted by Gasteiger charge is 2.39. The zero-order valence-corrected chi connectivity index (χ0v) is 20.4. The molecule has 1 saturated heterocycles. The van der Waals surface area contributed by atoms with E-state index in [2.05, 4.69) is 71.2 Å². The number of phenols is 1. The molecule has 1 fully saturated rings. The van der Waals surface area contributed by atoms with E-state index in [9.17, 15) is 5.11 Å². The van der Waals surface area contributed by atoms with Crippen molar-refractivity contribution < 1.29 is 5.11 Å². The van der Waals surface area contributed by atoms with Gasteiger partial charge in [0.1, 0.15) is 17.0 Å². The van der Waals surface area contributed by atoms with Gasteiger partial charge in [-0.15, -0.1) is 17.9 Å². The number of nitrogens with zero attached hydrogens (tertiary/aromatic N) is 5. The zero-order valence-electron chi connectivity index (χ0n) is 20.4. The first-order valence-electron chi connectivity index (χ1n) is 11.1. The normalized spacial score (nSPS) is 17.4. The molecule has 0 spiro atoms. The summed E-state index contributed by atoms with van der Waals surface area (Å²) in [5.74, 6) is 0.0797. The van der Waals surface area contributed by atoms with Gasteiger partial charge in [0.05, 0.1) is 24.0 Å².